The van der Waals surface area contributed by atoms with E-state index in [2.05, 4.69) is 4.98 Å². The SMILES string of the molecule is CCOc1ccc(N(C(=O)c2ccnc(Cl)c2)C(=S)OCCN2C(=O)c3ccccc3C2=O)cc1. The molecule has 1 aromatic heterocycles. The van der Waals surface area contributed by atoms with Crippen LogP contribution in [0.5, 0.6) is 5.75 Å². The van der Waals surface area contributed by atoms with E-state index in [1.54, 1.807) is 48.5 Å². The number of thiocarbonyl (C=S) groups is 1. The van der Waals surface area contributed by atoms with E-state index >= 15 is 0 Å². The van der Waals surface area contributed by atoms with Gasteiger partial charge in [0.25, 0.3) is 22.9 Å². The molecule has 178 valence electrons. The highest BCUT2D eigenvalue weighted by Gasteiger charge is 2.35. The van der Waals surface area contributed by atoms with E-state index in [-0.39, 0.29) is 29.0 Å². The average molecular weight is 510 g/mol. The van der Waals surface area contributed by atoms with Crippen LogP contribution >= 0.6 is 23.8 Å². The Hall–Kier alpha value is -3.82. The zero-order valence-electron chi connectivity index (χ0n) is 18.6. The van der Waals surface area contributed by atoms with Gasteiger partial charge in [0.15, 0.2) is 0 Å². The van der Waals surface area contributed by atoms with Gasteiger partial charge in [-0.1, -0.05) is 23.7 Å². The lowest BCUT2D eigenvalue weighted by Gasteiger charge is -2.24. The van der Waals surface area contributed by atoms with Crippen molar-refractivity contribution in [2.24, 2.45) is 0 Å². The first-order chi connectivity index (χ1) is 16.9. The molecule has 0 spiro atoms. The summed E-state index contributed by atoms with van der Waals surface area (Å²) in [6.45, 7) is 2.24. The predicted octanol–water partition coefficient (Wildman–Crippen LogP) is 4.38. The normalized spacial score (nSPS) is 12.3. The van der Waals surface area contributed by atoms with Crippen LogP contribution < -0.4 is 9.64 Å². The maximum atomic E-state index is 13.3. The van der Waals surface area contributed by atoms with Crippen molar-refractivity contribution in [3.8, 4) is 5.75 Å². The van der Waals surface area contributed by atoms with Crippen molar-refractivity contribution in [2.45, 2.75) is 6.92 Å². The Morgan fingerprint density at radius 3 is 2.31 bits per heavy atom. The fraction of sp³-hybridized carbons (Fsp3) is 0.160. The van der Waals surface area contributed by atoms with Gasteiger partial charge in [-0.25, -0.2) is 9.88 Å². The number of imide groups is 1. The van der Waals surface area contributed by atoms with Crippen LogP contribution in [-0.2, 0) is 4.74 Å². The Bertz CT molecular complexity index is 1260. The van der Waals surface area contributed by atoms with E-state index in [9.17, 15) is 14.4 Å². The number of rotatable bonds is 7. The van der Waals surface area contributed by atoms with E-state index in [0.717, 1.165) is 4.90 Å². The molecular formula is C25H20ClN3O5S. The highest BCUT2D eigenvalue weighted by atomic mass is 35.5. The van der Waals surface area contributed by atoms with Gasteiger partial charge in [0.05, 0.1) is 30.0 Å². The van der Waals surface area contributed by atoms with Crippen molar-refractivity contribution in [1.82, 2.24) is 9.88 Å². The number of fused-ring (bicyclic) bond motifs is 1. The van der Waals surface area contributed by atoms with Crippen LogP contribution in [0.4, 0.5) is 5.69 Å². The molecule has 1 aliphatic heterocycles. The molecule has 10 heteroatoms. The summed E-state index contributed by atoms with van der Waals surface area (Å²) in [5.41, 5.74) is 1.39. The topological polar surface area (TPSA) is 89.0 Å². The Balaban J connectivity index is 1.51. The minimum Gasteiger partial charge on any atom is -0.494 e. The lowest BCUT2D eigenvalue weighted by atomic mass is 10.1. The van der Waals surface area contributed by atoms with E-state index in [0.29, 0.717) is 29.2 Å². The molecule has 2 aromatic carbocycles. The minimum absolute atomic E-state index is 0.0289. The van der Waals surface area contributed by atoms with Crippen molar-refractivity contribution in [2.75, 3.05) is 24.7 Å². The molecule has 0 bridgehead atoms. The summed E-state index contributed by atoms with van der Waals surface area (Å²) < 4.78 is 11.1. The lowest BCUT2D eigenvalue weighted by Crippen LogP contribution is -2.39. The molecule has 0 fully saturated rings. The van der Waals surface area contributed by atoms with Crippen LogP contribution in [0.1, 0.15) is 38.0 Å². The lowest BCUT2D eigenvalue weighted by molar-refractivity contribution is 0.0627. The number of hydrogen-bond donors (Lipinski definition) is 0. The number of aromatic nitrogens is 1. The number of nitrogens with zero attached hydrogens (tertiary/aromatic N) is 3. The zero-order valence-corrected chi connectivity index (χ0v) is 20.2. The average Bonchev–Trinajstić information content (AvgIpc) is 3.10. The van der Waals surface area contributed by atoms with Crippen LogP contribution in [0.25, 0.3) is 0 Å². The van der Waals surface area contributed by atoms with Gasteiger partial charge in [0, 0.05) is 11.8 Å². The minimum atomic E-state index is -0.482. The predicted molar refractivity (Wildman–Crippen MR) is 134 cm³/mol. The van der Waals surface area contributed by atoms with E-state index in [4.69, 9.17) is 33.3 Å². The Morgan fingerprint density at radius 2 is 1.71 bits per heavy atom. The largest absolute Gasteiger partial charge is 0.494 e. The van der Waals surface area contributed by atoms with Gasteiger partial charge < -0.3 is 9.47 Å². The molecule has 3 amide bonds. The number of carbonyl (C=O) groups is 3. The van der Waals surface area contributed by atoms with Crippen LogP contribution in [0.15, 0.2) is 66.9 Å². The van der Waals surface area contributed by atoms with Gasteiger partial charge in [0.2, 0.25) is 0 Å². The molecule has 4 rings (SSSR count). The number of hydrogen-bond acceptors (Lipinski definition) is 7. The molecule has 35 heavy (non-hydrogen) atoms. The quantitative estimate of drug-likeness (QED) is 0.265. The first kappa shape index (κ1) is 24.3. The summed E-state index contributed by atoms with van der Waals surface area (Å²) in [5, 5.41) is 0.00339. The molecule has 0 aliphatic carbocycles. The summed E-state index contributed by atoms with van der Waals surface area (Å²) in [4.78, 5) is 44.7. The monoisotopic (exact) mass is 509 g/mol. The van der Waals surface area contributed by atoms with Gasteiger partial charge in [0.1, 0.15) is 17.5 Å². The van der Waals surface area contributed by atoms with Gasteiger partial charge >= 0.3 is 0 Å². The zero-order chi connectivity index (χ0) is 24.9. The molecule has 3 aromatic rings. The van der Waals surface area contributed by atoms with Crippen molar-refractivity contribution >= 4 is 52.4 Å². The molecule has 2 heterocycles. The number of benzene rings is 2. The third kappa shape index (κ3) is 5.16. The molecule has 0 unspecified atom stereocenters. The standard InChI is InChI=1S/C25H20ClN3O5S/c1-2-33-18-9-7-17(8-10-18)29(22(30)16-11-12-27-21(26)15-16)25(35)34-14-13-28-23(31)19-5-3-4-6-20(19)24(28)32/h3-12,15H,2,13-14H2,1H3. The third-order valence-corrected chi connectivity index (χ3v) is 5.69. The van der Waals surface area contributed by atoms with Gasteiger partial charge in [-0.05, 0) is 67.7 Å². The summed E-state index contributed by atoms with van der Waals surface area (Å²) in [6, 6.07) is 16.3. The number of ether oxygens (including phenoxy) is 2. The second-order valence-corrected chi connectivity index (χ2v) is 8.09. The van der Waals surface area contributed by atoms with E-state index < -0.39 is 17.7 Å². The highest BCUT2D eigenvalue weighted by molar-refractivity contribution is 7.80. The number of amides is 3. The molecule has 0 radical (unpaired) electrons. The van der Waals surface area contributed by atoms with Crippen LogP contribution in [-0.4, -0.2) is 52.5 Å². The summed E-state index contributed by atoms with van der Waals surface area (Å²) >= 11 is 11.4. The second kappa shape index (κ2) is 10.6. The maximum Gasteiger partial charge on any atom is 0.271 e. The van der Waals surface area contributed by atoms with Gasteiger partial charge in [-0.2, -0.15) is 0 Å². The third-order valence-electron chi connectivity index (χ3n) is 5.18. The molecule has 0 N–H and O–H groups in total. The van der Waals surface area contributed by atoms with Gasteiger partial charge in [-0.15, -0.1) is 0 Å². The molecule has 0 atom stereocenters. The van der Waals surface area contributed by atoms with Gasteiger partial charge in [-0.3, -0.25) is 19.3 Å². The molecule has 8 nitrogen and oxygen atoms in total. The number of carbonyl (C=O) groups excluding carboxylic acids is 3. The first-order valence-electron chi connectivity index (χ1n) is 10.7. The van der Waals surface area contributed by atoms with Crippen molar-refractivity contribution in [3.63, 3.8) is 0 Å². The highest BCUT2D eigenvalue weighted by Crippen LogP contribution is 2.24. The number of anilines is 1. The van der Waals surface area contributed by atoms with E-state index in [1.807, 2.05) is 6.92 Å². The van der Waals surface area contributed by atoms with E-state index in [1.165, 1.54) is 23.2 Å². The summed E-state index contributed by atoms with van der Waals surface area (Å²) in [5.74, 6) is -0.644. The molecule has 1 aliphatic rings. The Morgan fingerprint density at radius 1 is 1.06 bits per heavy atom. The summed E-state index contributed by atoms with van der Waals surface area (Å²) in [6.07, 6.45) is 1.41. The van der Waals surface area contributed by atoms with Crippen LogP contribution in [0.2, 0.25) is 5.15 Å². The van der Waals surface area contributed by atoms with Crippen LogP contribution in [0, 0.1) is 0 Å². The fourth-order valence-electron chi connectivity index (χ4n) is 3.56. The summed E-state index contributed by atoms with van der Waals surface area (Å²) in [7, 11) is 0. The maximum absolute atomic E-state index is 13.3. The number of halogens is 1. The first-order valence-corrected chi connectivity index (χ1v) is 11.5. The smallest absolute Gasteiger partial charge is 0.271 e. The second-order valence-electron chi connectivity index (χ2n) is 7.36. The fourth-order valence-corrected chi connectivity index (χ4v) is 4.00. The number of pyridine rings is 1. The molecule has 0 saturated carbocycles. The van der Waals surface area contributed by atoms with Crippen molar-refractivity contribution in [1.29, 1.82) is 0 Å². The van der Waals surface area contributed by atoms with Crippen molar-refractivity contribution < 1.29 is 23.9 Å². The molecular weight excluding hydrogens is 490 g/mol. The van der Waals surface area contributed by atoms with Crippen molar-refractivity contribution in [3.05, 3.63) is 88.7 Å². The van der Waals surface area contributed by atoms with Crippen LogP contribution in [0.3, 0.4) is 0 Å². The Kier molecular flexibility index (Phi) is 7.38. The molecule has 0 saturated heterocycles. The Labute approximate surface area is 212 Å².